The van der Waals surface area contributed by atoms with Crippen LogP contribution in [0.25, 0.3) is 0 Å². The molecule has 2 aliphatic rings. The number of hydrogen-bond donors (Lipinski definition) is 0. The molecule has 0 radical (unpaired) electrons. The Morgan fingerprint density at radius 3 is 1.94 bits per heavy atom. The smallest absolute Gasteiger partial charge is 0.0985 e. The van der Waals surface area contributed by atoms with Crippen LogP contribution in [-0.2, 0) is 0 Å². The number of rotatable bonds is 8. The van der Waals surface area contributed by atoms with Crippen LogP contribution >= 0.6 is 70.6 Å². The first-order chi connectivity index (χ1) is 16.1. The van der Waals surface area contributed by atoms with E-state index >= 15 is 0 Å². The first-order valence-electron chi connectivity index (χ1n) is 10.9. The van der Waals surface area contributed by atoms with Crippen molar-refractivity contribution >= 4 is 81.9 Å². The summed E-state index contributed by atoms with van der Waals surface area (Å²) in [6, 6.07) is 9.48. The molecule has 0 fully saturated rings. The lowest BCUT2D eigenvalue weighted by molar-refractivity contribution is 0.873. The maximum absolute atomic E-state index is 2.52. The van der Waals surface area contributed by atoms with E-state index in [0.29, 0.717) is 5.37 Å². The largest absolute Gasteiger partial charge is 0.355 e. The first-order valence-corrected chi connectivity index (χ1v) is 17.5. The van der Waals surface area contributed by atoms with Gasteiger partial charge in [-0.25, -0.2) is 0 Å². The van der Waals surface area contributed by atoms with Gasteiger partial charge in [0.15, 0.2) is 0 Å². The molecule has 33 heavy (non-hydrogen) atoms. The maximum Gasteiger partial charge on any atom is 0.0985 e. The van der Waals surface area contributed by atoms with Crippen molar-refractivity contribution in [3.63, 3.8) is 0 Å². The third-order valence-electron chi connectivity index (χ3n) is 5.74. The number of benzene rings is 2. The standard InChI is InChI=1S/C25H30N2S6/c1-7-26-16-12-20(28-3)22(30-5)14-18(16)32-24(26)10-9-11-25-27(8-2)17-13-21(29-4)23(31-6)15-19(17)33-25/h9-15,24H,7-8H2,1-6H3/b10-9+,25-11-. The summed E-state index contributed by atoms with van der Waals surface area (Å²) in [5.41, 5.74) is 2.72. The van der Waals surface area contributed by atoms with Gasteiger partial charge in [-0.1, -0.05) is 35.7 Å². The van der Waals surface area contributed by atoms with E-state index in [1.807, 2.05) is 70.6 Å². The highest BCUT2D eigenvalue weighted by molar-refractivity contribution is 8.04. The van der Waals surface area contributed by atoms with Crippen LogP contribution in [0.5, 0.6) is 0 Å². The lowest BCUT2D eigenvalue weighted by Crippen LogP contribution is -2.27. The molecule has 0 bridgehead atoms. The van der Waals surface area contributed by atoms with Gasteiger partial charge >= 0.3 is 0 Å². The van der Waals surface area contributed by atoms with E-state index in [2.05, 4.69) is 91.2 Å². The lowest BCUT2D eigenvalue weighted by atomic mass is 10.2. The van der Waals surface area contributed by atoms with Gasteiger partial charge in [0, 0.05) is 42.5 Å². The molecule has 2 aromatic carbocycles. The second-order valence-electron chi connectivity index (χ2n) is 7.38. The van der Waals surface area contributed by atoms with Gasteiger partial charge in [0.05, 0.1) is 21.8 Å². The number of allylic oxidation sites excluding steroid dienone is 2. The van der Waals surface area contributed by atoms with Crippen molar-refractivity contribution in [2.45, 2.75) is 48.6 Å². The molecule has 1 atom stereocenters. The van der Waals surface area contributed by atoms with Crippen molar-refractivity contribution in [2.24, 2.45) is 0 Å². The van der Waals surface area contributed by atoms with Crippen LogP contribution in [0.3, 0.4) is 0 Å². The minimum Gasteiger partial charge on any atom is -0.355 e. The molecule has 2 nitrogen and oxygen atoms in total. The van der Waals surface area contributed by atoms with Gasteiger partial charge < -0.3 is 9.80 Å². The highest BCUT2D eigenvalue weighted by atomic mass is 32.2. The molecule has 0 saturated carbocycles. The highest BCUT2D eigenvalue weighted by Gasteiger charge is 2.29. The Balaban J connectivity index is 1.57. The van der Waals surface area contributed by atoms with Gasteiger partial charge in [0.2, 0.25) is 0 Å². The molecule has 2 heterocycles. The minimum absolute atomic E-state index is 0.337. The zero-order valence-corrected chi connectivity index (χ0v) is 24.8. The summed E-state index contributed by atoms with van der Waals surface area (Å²) < 4.78 is 0. The van der Waals surface area contributed by atoms with Crippen LogP contribution in [0, 0.1) is 0 Å². The number of thioether (sulfide) groups is 6. The monoisotopic (exact) mass is 550 g/mol. The summed E-state index contributed by atoms with van der Waals surface area (Å²) in [5.74, 6) is 0. The van der Waals surface area contributed by atoms with Crippen molar-refractivity contribution < 1.29 is 0 Å². The minimum atomic E-state index is 0.337. The maximum atomic E-state index is 2.52. The molecule has 8 heteroatoms. The number of nitrogens with zero attached hydrogens (tertiary/aromatic N) is 2. The van der Waals surface area contributed by atoms with E-state index in [1.54, 1.807) is 0 Å². The third-order valence-corrected chi connectivity index (χ3v) is 11.5. The second-order valence-corrected chi connectivity index (χ2v) is 13.0. The molecule has 0 spiro atoms. The van der Waals surface area contributed by atoms with Gasteiger partial charge in [0.25, 0.3) is 0 Å². The molecule has 2 aromatic rings. The summed E-state index contributed by atoms with van der Waals surface area (Å²) in [4.78, 5) is 13.2. The number of fused-ring (bicyclic) bond motifs is 2. The quantitative estimate of drug-likeness (QED) is 0.297. The van der Waals surface area contributed by atoms with E-state index in [4.69, 9.17) is 0 Å². The van der Waals surface area contributed by atoms with Gasteiger partial charge in [-0.3, -0.25) is 0 Å². The van der Waals surface area contributed by atoms with E-state index < -0.39 is 0 Å². The molecule has 2 aliphatic heterocycles. The fourth-order valence-corrected chi connectivity index (χ4v) is 9.69. The topological polar surface area (TPSA) is 6.48 Å². The van der Waals surface area contributed by atoms with Gasteiger partial charge in [-0.15, -0.1) is 47.0 Å². The fraction of sp³-hybridized carbons (Fsp3) is 0.360. The molecule has 0 saturated heterocycles. The van der Waals surface area contributed by atoms with E-state index in [-0.39, 0.29) is 0 Å². The molecule has 0 amide bonds. The van der Waals surface area contributed by atoms with Crippen LogP contribution in [0.2, 0.25) is 0 Å². The van der Waals surface area contributed by atoms with Crippen molar-refractivity contribution in [1.29, 1.82) is 0 Å². The van der Waals surface area contributed by atoms with Crippen molar-refractivity contribution in [3.8, 4) is 0 Å². The SMILES string of the molecule is CCN1/C(=C/C=C/C2Sc3cc(SC)c(SC)cc3N2CC)Sc2cc(SC)c(SC)cc21. The molecule has 4 rings (SSSR count). The Bertz CT molecular complexity index is 1080. The van der Waals surface area contributed by atoms with Crippen molar-refractivity contribution in [2.75, 3.05) is 47.9 Å². The first kappa shape index (κ1) is 25.7. The average Bonchev–Trinajstić information content (AvgIpc) is 3.37. The van der Waals surface area contributed by atoms with Gasteiger partial charge in [-0.05, 0) is 69.2 Å². The molecular formula is C25H30N2S6. The summed E-state index contributed by atoms with van der Waals surface area (Å²) in [5, 5.41) is 1.65. The Labute approximate surface area is 224 Å². The van der Waals surface area contributed by atoms with Crippen LogP contribution < -0.4 is 9.80 Å². The summed E-state index contributed by atoms with van der Waals surface area (Å²) in [6.07, 6.45) is 15.6. The predicted molar refractivity (Wildman–Crippen MR) is 159 cm³/mol. The normalized spacial score (nSPS) is 18.6. The molecule has 0 aliphatic carbocycles. The molecule has 0 aromatic heterocycles. The van der Waals surface area contributed by atoms with E-state index in [9.17, 15) is 0 Å². The van der Waals surface area contributed by atoms with Crippen molar-refractivity contribution in [3.05, 3.63) is 47.5 Å². The summed E-state index contributed by atoms with van der Waals surface area (Å²) in [6.45, 7) is 6.48. The van der Waals surface area contributed by atoms with Gasteiger partial charge in [-0.2, -0.15) is 0 Å². The lowest BCUT2D eigenvalue weighted by Gasteiger charge is -2.23. The van der Waals surface area contributed by atoms with Crippen LogP contribution in [0.15, 0.2) is 76.9 Å². The fourth-order valence-electron chi connectivity index (χ4n) is 4.10. The second kappa shape index (κ2) is 11.6. The number of hydrogen-bond acceptors (Lipinski definition) is 8. The third kappa shape index (κ3) is 5.12. The van der Waals surface area contributed by atoms with Crippen molar-refractivity contribution in [1.82, 2.24) is 0 Å². The Kier molecular flexibility index (Phi) is 9.01. The van der Waals surface area contributed by atoms with Gasteiger partial charge in [0.1, 0.15) is 0 Å². The molecule has 176 valence electrons. The van der Waals surface area contributed by atoms with E-state index in [0.717, 1.165) is 13.1 Å². The molecule has 1 unspecified atom stereocenters. The molecular weight excluding hydrogens is 521 g/mol. The Hall–Kier alpha value is -0.380. The Morgan fingerprint density at radius 1 is 0.788 bits per heavy atom. The zero-order valence-electron chi connectivity index (χ0n) is 19.9. The van der Waals surface area contributed by atoms with E-state index in [1.165, 1.54) is 45.8 Å². The highest BCUT2D eigenvalue weighted by Crippen LogP contribution is 2.50. The van der Waals surface area contributed by atoms with Crippen LogP contribution in [-0.4, -0.2) is 43.5 Å². The summed E-state index contributed by atoms with van der Waals surface area (Å²) in [7, 11) is 0. The molecule has 0 N–H and O–H groups in total. The van der Waals surface area contributed by atoms with Crippen LogP contribution in [0.1, 0.15) is 13.8 Å². The number of anilines is 2. The Morgan fingerprint density at radius 2 is 1.36 bits per heavy atom. The van der Waals surface area contributed by atoms with Crippen LogP contribution in [0.4, 0.5) is 11.4 Å². The number of likely N-dealkylation sites (N-methyl/N-ethyl adjacent to an activating group) is 1. The zero-order chi connectivity index (χ0) is 23.5. The predicted octanol–water partition coefficient (Wildman–Crippen LogP) is 8.86. The summed E-state index contributed by atoms with van der Waals surface area (Å²) >= 11 is 11.2. The average molecular weight is 551 g/mol.